The van der Waals surface area contributed by atoms with Crippen molar-refractivity contribution in [3.63, 3.8) is 0 Å². The Bertz CT molecular complexity index is 383. The molecule has 1 aromatic heterocycles. The Morgan fingerprint density at radius 2 is 2.11 bits per heavy atom. The van der Waals surface area contributed by atoms with Gasteiger partial charge in [-0.15, -0.1) is 0 Å². The predicted molar refractivity (Wildman–Crippen MR) is 69.4 cm³/mol. The summed E-state index contributed by atoms with van der Waals surface area (Å²) in [6, 6.07) is 1.96. The van der Waals surface area contributed by atoms with E-state index in [2.05, 4.69) is 23.8 Å². The van der Waals surface area contributed by atoms with Gasteiger partial charge in [0.1, 0.15) is 0 Å². The molecule has 1 saturated heterocycles. The average Bonchev–Trinajstić information content (AvgIpc) is 2.76. The van der Waals surface area contributed by atoms with Crippen molar-refractivity contribution in [2.45, 2.75) is 31.9 Å². The molecule has 0 saturated carbocycles. The molecule has 1 aliphatic rings. The van der Waals surface area contributed by atoms with Crippen LogP contribution in [0.1, 0.15) is 19.5 Å². The van der Waals surface area contributed by atoms with Gasteiger partial charge in [0.05, 0.1) is 25.0 Å². The summed E-state index contributed by atoms with van der Waals surface area (Å²) in [6.07, 6.45) is 2.07. The van der Waals surface area contributed by atoms with Gasteiger partial charge in [0, 0.05) is 38.3 Å². The van der Waals surface area contributed by atoms with Crippen LogP contribution in [0.2, 0.25) is 0 Å². The van der Waals surface area contributed by atoms with Crippen LogP contribution in [0.25, 0.3) is 0 Å². The molecule has 1 aliphatic heterocycles. The molecule has 1 fully saturated rings. The number of aliphatic hydroxyl groups is 1. The van der Waals surface area contributed by atoms with E-state index in [0.29, 0.717) is 6.42 Å². The molecule has 0 spiro atoms. The first-order valence-corrected chi connectivity index (χ1v) is 6.49. The zero-order valence-electron chi connectivity index (χ0n) is 11.5. The summed E-state index contributed by atoms with van der Waals surface area (Å²) in [6.45, 7) is 7.44. The van der Waals surface area contributed by atoms with Crippen molar-refractivity contribution >= 4 is 0 Å². The molecule has 1 aromatic rings. The van der Waals surface area contributed by atoms with Crippen LogP contribution in [0.3, 0.4) is 0 Å². The smallest absolute Gasteiger partial charge is 0.0774 e. The highest BCUT2D eigenvalue weighted by Gasteiger charge is 2.35. The molecule has 1 N–H and O–H groups in total. The fourth-order valence-electron chi connectivity index (χ4n) is 2.37. The quantitative estimate of drug-likeness (QED) is 0.845. The summed E-state index contributed by atoms with van der Waals surface area (Å²) >= 11 is 0. The Morgan fingerprint density at radius 3 is 2.67 bits per heavy atom. The highest BCUT2D eigenvalue weighted by Crippen LogP contribution is 2.22. The first-order chi connectivity index (χ1) is 8.50. The van der Waals surface area contributed by atoms with Crippen LogP contribution in [0.15, 0.2) is 12.3 Å². The van der Waals surface area contributed by atoms with E-state index in [-0.39, 0.29) is 5.54 Å². The minimum atomic E-state index is -0.425. The van der Waals surface area contributed by atoms with E-state index >= 15 is 0 Å². The lowest BCUT2D eigenvalue weighted by atomic mass is 9.91. The number of ether oxygens (including phenoxy) is 1. The number of hydrogen-bond donors (Lipinski definition) is 1. The molecular weight excluding hydrogens is 230 g/mol. The number of rotatable bonds is 4. The molecule has 102 valence electrons. The molecule has 2 rings (SSSR count). The van der Waals surface area contributed by atoms with E-state index in [0.717, 1.165) is 32.0 Å². The zero-order valence-corrected chi connectivity index (χ0v) is 11.5. The van der Waals surface area contributed by atoms with Crippen LogP contribution in [0.5, 0.6) is 0 Å². The van der Waals surface area contributed by atoms with Crippen LogP contribution in [-0.4, -0.2) is 57.7 Å². The second-order valence-electron chi connectivity index (χ2n) is 5.45. The topological polar surface area (TPSA) is 50.5 Å². The lowest BCUT2D eigenvalue weighted by Crippen LogP contribution is -2.56. The Balaban J connectivity index is 1.99. The predicted octanol–water partition coefficient (Wildman–Crippen LogP) is 0.434. The minimum Gasteiger partial charge on any atom is -0.391 e. The lowest BCUT2D eigenvalue weighted by Gasteiger charge is -2.43. The largest absolute Gasteiger partial charge is 0.391 e. The first kappa shape index (κ1) is 13.5. The van der Waals surface area contributed by atoms with Gasteiger partial charge in [-0.05, 0) is 19.9 Å². The monoisotopic (exact) mass is 253 g/mol. The van der Waals surface area contributed by atoms with Crippen molar-refractivity contribution in [2.75, 3.05) is 26.3 Å². The third kappa shape index (κ3) is 2.91. The maximum Gasteiger partial charge on any atom is 0.0774 e. The molecule has 0 amide bonds. The van der Waals surface area contributed by atoms with E-state index in [4.69, 9.17) is 4.74 Å². The fourth-order valence-corrected chi connectivity index (χ4v) is 2.37. The fraction of sp³-hybridized carbons (Fsp3) is 0.769. The van der Waals surface area contributed by atoms with Crippen LogP contribution < -0.4 is 0 Å². The zero-order chi connectivity index (χ0) is 13.2. The van der Waals surface area contributed by atoms with Crippen molar-refractivity contribution in [1.29, 1.82) is 0 Å². The van der Waals surface area contributed by atoms with Gasteiger partial charge in [0.25, 0.3) is 0 Å². The molecule has 18 heavy (non-hydrogen) atoms. The van der Waals surface area contributed by atoms with Gasteiger partial charge in [-0.3, -0.25) is 9.58 Å². The number of aromatic nitrogens is 2. The van der Waals surface area contributed by atoms with E-state index in [1.165, 1.54) is 0 Å². The maximum atomic E-state index is 10.5. The van der Waals surface area contributed by atoms with Gasteiger partial charge in [-0.25, -0.2) is 0 Å². The number of nitrogens with zero attached hydrogens (tertiary/aromatic N) is 3. The van der Waals surface area contributed by atoms with Gasteiger partial charge in [-0.1, -0.05) is 0 Å². The third-order valence-electron chi connectivity index (χ3n) is 3.81. The highest BCUT2D eigenvalue weighted by atomic mass is 16.5. The van der Waals surface area contributed by atoms with Crippen LogP contribution >= 0.6 is 0 Å². The standard InChI is InChI=1S/C13H23N3O2/c1-13(2,16-6-8-18-9-7-16)12(17)10-11-4-5-15(3)14-11/h4-5,12,17H,6-10H2,1-3H3. The van der Waals surface area contributed by atoms with E-state index in [1.807, 2.05) is 19.3 Å². The number of morpholine rings is 1. The van der Waals surface area contributed by atoms with Gasteiger partial charge in [0.2, 0.25) is 0 Å². The van der Waals surface area contributed by atoms with E-state index < -0.39 is 6.10 Å². The highest BCUT2D eigenvalue weighted by molar-refractivity contribution is 5.04. The molecule has 0 aromatic carbocycles. The summed E-state index contributed by atoms with van der Waals surface area (Å²) in [4.78, 5) is 2.30. The number of hydrogen-bond acceptors (Lipinski definition) is 4. The summed E-state index contributed by atoms with van der Waals surface area (Å²) in [5.41, 5.74) is 0.688. The van der Waals surface area contributed by atoms with Crippen molar-refractivity contribution in [2.24, 2.45) is 7.05 Å². The molecule has 1 unspecified atom stereocenters. The second-order valence-corrected chi connectivity index (χ2v) is 5.45. The van der Waals surface area contributed by atoms with Gasteiger partial charge < -0.3 is 9.84 Å². The normalized spacial score (nSPS) is 20.0. The van der Waals surface area contributed by atoms with Gasteiger partial charge in [-0.2, -0.15) is 5.10 Å². The number of aryl methyl sites for hydroxylation is 1. The van der Waals surface area contributed by atoms with Crippen LogP contribution in [0, 0.1) is 0 Å². The molecular formula is C13H23N3O2. The first-order valence-electron chi connectivity index (χ1n) is 6.49. The molecule has 5 nitrogen and oxygen atoms in total. The van der Waals surface area contributed by atoms with Crippen LogP contribution in [-0.2, 0) is 18.2 Å². The molecule has 0 bridgehead atoms. The second kappa shape index (κ2) is 5.38. The Labute approximate surface area is 108 Å². The summed E-state index contributed by atoms with van der Waals surface area (Å²) in [5.74, 6) is 0. The van der Waals surface area contributed by atoms with Gasteiger partial charge >= 0.3 is 0 Å². The third-order valence-corrected chi connectivity index (χ3v) is 3.81. The minimum absolute atomic E-state index is 0.249. The SMILES string of the molecule is Cn1ccc(CC(O)C(C)(C)N2CCOCC2)n1. The Hall–Kier alpha value is -0.910. The van der Waals surface area contributed by atoms with Crippen molar-refractivity contribution < 1.29 is 9.84 Å². The average molecular weight is 253 g/mol. The van der Waals surface area contributed by atoms with Crippen molar-refractivity contribution in [3.05, 3.63) is 18.0 Å². The molecule has 5 heteroatoms. The molecule has 1 atom stereocenters. The van der Waals surface area contributed by atoms with E-state index in [1.54, 1.807) is 4.68 Å². The summed E-state index contributed by atoms with van der Waals surface area (Å²) in [5, 5.41) is 14.8. The Morgan fingerprint density at radius 1 is 1.44 bits per heavy atom. The van der Waals surface area contributed by atoms with Crippen LogP contribution in [0.4, 0.5) is 0 Å². The summed E-state index contributed by atoms with van der Waals surface area (Å²) < 4.78 is 7.12. The number of aliphatic hydroxyl groups excluding tert-OH is 1. The molecule has 0 radical (unpaired) electrons. The molecule has 0 aliphatic carbocycles. The van der Waals surface area contributed by atoms with E-state index in [9.17, 15) is 5.11 Å². The van der Waals surface area contributed by atoms with Gasteiger partial charge in [0.15, 0.2) is 0 Å². The Kier molecular flexibility index (Phi) is 4.04. The van der Waals surface area contributed by atoms with Crippen molar-refractivity contribution in [3.8, 4) is 0 Å². The van der Waals surface area contributed by atoms with Crippen molar-refractivity contribution in [1.82, 2.24) is 14.7 Å². The molecule has 2 heterocycles. The maximum absolute atomic E-state index is 10.5. The lowest BCUT2D eigenvalue weighted by molar-refractivity contribution is -0.0614. The summed E-state index contributed by atoms with van der Waals surface area (Å²) in [7, 11) is 1.89.